The molecular weight excluding hydrogens is 451 g/mol. The van der Waals surface area contributed by atoms with Crippen molar-refractivity contribution in [2.45, 2.75) is 0 Å². The molecule has 6 nitrogen and oxygen atoms in total. The van der Waals surface area contributed by atoms with E-state index in [1.807, 2.05) is 0 Å². The molecule has 0 saturated heterocycles. The van der Waals surface area contributed by atoms with Crippen molar-refractivity contribution in [1.29, 1.82) is 0 Å². The van der Waals surface area contributed by atoms with Crippen LogP contribution in [0.25, 0.3) is 17.0 Å². The molecule has 166 valence electrons. The lowest BCUT2D eigenvalue weighted by Crippen LogP contribution is -2.06. The van der Waals surface area contributed by atoms with Crippen LogP contribution >= 0.6 is 11.6 Å². The van der Waals surface area contributed by atoms with Crippen LogP contribution < -0.4 is 19.6 Å². The standard InChI is InChI=1S/C25H16ClFO6/c1-30-15-5-7-16(8-6-15)32-23-14-31-22-13-17(9-10-19(22)25(23)29)33-24(28)12-11-18-20(26)3-2-4-21(18)27/h2-14H,1H3. The lowest BCUT2D eigenvalue weighted by molar-refractivity contribution is -0.128. The number of benzene rings is 3. The van der Waals surface area contributed by atoms with E-state index in [1.54, 1.807) is 31.4 Å². The Hall–Kier alpha value is -4.10. The average Bonchev–Trinajstić information content (AvgIpc) is 2.81. The second-order valence-corrected chi connectivity index (χ2v) is 7.16. The van der Waals surface area contributed by atoms with Crippen LogP contribution in [0.15, 0.2) is 82.2 Å². The van der Waals surface area contributed by atoms with Gasteiger partial charge in [-0.15, -0.1) is 0 Å². The van der Waals surface area contributed by atoms with Gasteiger partial charge in [-0.05, 0) is 54.6 Å². The molecule has 0 unspecified atom stereocenters. The Kier molecular flexibility index (Phi) is 6.42. The summed E-state index contributed by atoms with van der Waals surface area (Å²) < 4.78 is 35.2. The third-order valence-electron chi connectivity index (χ3n) is 4.61. The summed E-state index contributed by atoms with van der Waals surface area (Å²) in [5.41, 5.74) is -0.113. The number of carbonyl (C=O) groups is 1. The normalized spacial score (nSPS) is 11.0. The lowest BCUT2D eigenvalue weighted by atomic mass is 10.2. The number of ether oxygens (including phenoxy) is 3. The highest BCUT2D eigenvalue weighted by Crippen LogP contribution is 2.26. The summed E-state index contributed by atoms with van der Waals surface area (Å²) >= 11 is 5.93. The van der Waals surface area contributed by atoms with Crippen LogP contribution in [0.5, 0.6) is 23.0 Å². The molecule has 4 aromatic rings. The molecule has 1 aromatic heterocycles. The first-order valence-electron chi connectivity index (χ1n) is 9.66. The second-order valence-electron chi connectivity index (χ2n) is 6.75. The van der Waals surface area contributed by atoms with Crippen LogP contribution in [0.3, 0.4) is 0 Å². The quantitative estimate of drug-likeness (QED) is 0.197. The van der Waals surface area contributed by atoms with Crippen LogP contribution in [0, 0.1) is 5.82 Å². The molecule has 0 bridgehead atoms. The number of hydrogen-bond donors (Lipinski definition) is 0. The molecule has 0 aliphatic carbocycles. The number of esters is 1. The number of rotatable bonds is 6. The van der Waals surface area contributed by atoms with Gasteiger partial charge in [0.15, 0.2) is 0 Å². The Morgan fingerprint density at radius 3 is 2.48 bits per heavy atom. The molecule has 4 rings (SSSR count). The smallest absolute Gasteiger partial charge is 0.336 e. The van der Waals surface area contributed by atoms with Gasteiger partial charge in [-0.1, -0.05) is 17.7 Å². The molecule has 0 saturated carbocycles. The van der Waals surface area contributed by atoms with Gasteiger partial charge < -0.3 is 18.6 Å². The zero-order valence-corrected chi connectivity index (χ0v) is 18.0. The Bertz CT molecular complexity index is 1390. The van der Waals surface area contributed by atoms with Gasteiger partial charge in [0, 0.05) is 17.7 Å². The van der Waals surface area contributed by atoms with Crippen LogP contribution in [0.2, 0.25) is 5.02 Å². The van der Waals surface area contributed by atoms with Crippen molar-refractivity contribution in [2.75, 3.05) is 7.11 Å². The highest BCUT2D eigenvalue weighted by Gasteiger charge is 2.12. The largest absolute Gasteiger partial charge is 0.497 e. The molecule has 0 aliphatic heterocycles. The number of fused-ring (bicyclic) bond motifs is 1. The first-order chi connectivity index (χ1) is 15.9. The summed E-state index contributed by atoms with van der Waals surface area (Å²) in [6.45, 7) is 0. The number of hydrogen-bond acceptors (Lipinski definition) is 6. The third kappa shape index (κ3) is 5.05. The highest BCUT2D eigenvalue weighted by atomic mass is 35.5. The number of methoxy groups -OCH3 is 1. The van der Waals surface area contributed by atoms with Crippen molar-refractivity contribution in [2.24, 2.45) is 0 Å². The van der Waals surface area contributed by atoms with Crippen molar-refractivity contribution >= 4 is 34.6 Å². The van der Waals surface area contributed by atoms with Crippen LogP contribution in [0.1, 0.15) is 5.56 Å². The van der Waals surface area contributed by atoms with Gasteiger partial charge in [0.2, 0.25) is 11.2 Å². The molecule has 33 heavy (non-hydrogen) atoms. The Labute approximate surface area is 192 Å². The molecule has 1 heterocycles. The number of halogens is 2. The van der Waals surface area contributed by atoms with Gasteiger partial charge in [-0.2, -0.15) is 0 Å². The minimum Gasteiger partial charge on any atom is -0.497 e. The molecule has 0 amide bonds. The van der Waals surface area contributed by atoms with Crippen LogP contribution in [0.4, 0.5) is 4.39 Å². The van der Waals surface area contributed by atoms with Gasteiger partial charge in [0.25, 0.3) is 0 Å². The van der Waals surface area contributed by atoms with E-state index >= 15 is 0 Å². The van der Waals surface area contributed by atoms with E-state index in [4.69, 9.17) is 30.2 Å². The molecule has 0 N–H and O–H groups in total. The number of carbonyl (C=O) groups excluding carboxylic acids is 1. The minimum absolute atomic E-state index is 0.00195. The predicted molar refractivity (Wildman–Crippen MR) is 122 cm³/mol. The van der Waals surface area contributed by atoms with Crippen molar-refractivity contribution in [3.05, 3.63) is 99.6 Å². The van der Waals surface area contributed by atoms with Crippen molar-refractivity contribution in [3.63, 3.8) is 0 Å². The van der Waals surface area contributed by atoms with Crippen molar-refractivity contribution in [1.82, 2.24) is 0 Å². The van der Waals surface area contributed by atoms with Gasteiger partial charge >= 0.3 is 5.97 Å². The van der Waals surface area contributed by atoms with E-state index in [0.717, 1.165) is 6.08 Å². The monoisotopic (exact) mass is 466 g/mol. The maximum Gasteiger partial charge on any atom is 0.336 e. The van der Waals surface area contributed by atoms with Crippen molar-refractivity contribution in [3.8, 4) is 23.0 Å². The van der Waals surface area contributed by atoms with E-state index in [9.17, 15) is 14.0 Å². The fourth-order valence-electron chi connectivity index (χ4n) is 2.97. The molecule has 0 fully saturated rings. The first kappa shape index (κ1) is 22.1. The maximum atomic E-state index is 13.8. The molecule has 0 atom stereocenters. The van der Waals surface area contributed by atoms with E-state index in [-0.39, 0.29) is 38.5 Å². The topological polar surface area (TPSA) is 75.0 Å². The molecule has 8 heteroatoms. The van der Waals surface area contributed by atoms with Gasteiger partial charge in [0.05, 0.1) is 17.5 Å². The Morgan fingerprint density at radius 2 is 1.76 bits per heavy atom. The van der Waals surface area contributed by atoms with Gasteiger partial charge in [0.1, 0.15) is 34.9 Å². The highest BCUT2D eigenvalue weighted by molar-refractivity contribution is 6.32. The van der Waals surface area contributed by atoms with E-state index < -0.39 is 11.8 Å². The third-order valence-corrected chi connectivity index (χ3v) is 4.94. The summed E-state index contributed by atoms with van der Waals surface area (Å²) in [6, 6.07) is 15.2. The SMILES string of the molecule is COc1ccc(Oc2coc3cc(OC(=O)C=Cc4c(F)cccc4Cl)ccc3c2=O)cc1. The Balaban J connectivity index is 1.51. The second kappa shape index (κ2) is 9.58. The maximum absolute atomic E-state index is 13.8. The zero-order valence-electron chi connectivity index (χ0n) is 17.2. The minimum atomic E-state index is -0.754. The zero-order chi connectivity index (χ0) is 23.4. The van der Waals surface area contributed by atoms with Gasteiger partial charge in [-0.25, -0.2) is 9.18 Å². The molecule has 0 spiro atoms. The molecule has 0 aliphatic rings. The predicted octanol–water partition coefficient (Wildman–Crippen LogP) is 6.01. The fourth-order valence-corrected chi connectivity index (χ4v) is 3.19. The molecule has 3 aromatic carbocycles. The average molecular weight is 467 g/mol. The van der Waals surface area contributed by atoms with E-state index in [1.165, 1.54) is 48.7 Å². The summed E-state index contributed by atoms with van der Waals surface area (Å²) in [4.78, 5) is 24.9. The summed E-state index contributed by atoms with van der Waals surface area (Å²) in [6.07, 6.45) is 3.46. The summed E-state index contributed by atoms with van der Waals surface area (Å²) in [5.74, 6) is -0.0791. The Morgan fingerprint density at radius 1 is 1.03 bits per heavy atom. The van der Waals surface area contributed by atoms with Gasteiger partial charge in [-0.3, -0.25) is 4.79 Å². The first-order valence-corrected chi connectivity index (χ1v) is 10.0. The van der Waals surface area contributed by atoms with E-state index in [2.05, 4.69) is 0 Å². The van der Waals surface area contributed by atoms with Crippen LogP contribution in [-0.4, -0.2) is 13.1 Å². The fraction of sp³-hybridized carbons (Fsp3) is 0.0400. The van der Waals surface area contributed by atoms with E-state index in [0.29, 0.717) is 11.5 Å². The van der Waals surface area contributed by atoms with Crippen molar-refractivity contribution < 1.29 is 27.8 Å². The molecule has 0 radical (unpaired) electrons. The molecular formula is C25H16ClFO6. The summed E-state index contributed by atoms with van der Waals surface area (Å²) in [7, 11) is 1.55. The lowest BCUT2D eigenvalue weighted by Gasteiger charge is -2.07. The van der Waals surface area contributed by atoms with Crippen LogP contribution in [-0.2, 0) is 4.79 Å². The summed E-state index contributed by atoms with van der Waals surface area (Å²) in [5, 5.41) is 0.411.